The summed E-state index contributed by atoms with van der Waals surface area (Å²) in [5, 5.41) is 2.40. The van der Waals surface area contributed by atoms with Gasteiger partial charge in [-0.1, -0.05) is 24.3 Å². The standard InChI is InChI=1S/C19H15F2N3O3/c1-11-6-7-13(8-16(11)21)23-17(25)14-9-22-19(27)24(18(14)26)10-12-4-2-3-5-15(12)20/h2-9H,10H2,1H3,(H,22,27)(H,23,25). The summed E-state index contributed by atoms with van der Waals surface area (Å²) >= 11 is 0. The van der Waals surface area contributed by atoms with Crippen molar-refractivity contribution in [2.45, 2.75) is 13.5 Å². The van der Waals surface area contributed by atoms with Crippen molar-refractivity contribution in [3.8, 4) is 0 Å². The molecule has 3 aromatic rings. The van der Waals surface area contributed by atoms with Gasteiger partial charge < -0.3 is 10.3 Å². The Morgan fingerprint density at radius 3 is 2.56 bits per heavy atom. The van der Waals surface area contributed by atoms with Gasteiger partial charge in [0.15, 0.2) is 0 Å². The number of carbonyl (C=O) groups is 1. The molecule has 138 valence electrons. The molecule has 8 heteroatoms. The SMILES string of the molecule is Cc1ccc(NC(=O)c2c[nH]c(=O)n(Cc3ccccc3F)c2=O)cc1F. The molecule has 1 amide bonds. The smallest absolute Gasteiger partial charge is 0.322 e. The Morgan fingerprint density at radius 1 is 1.11 bits per heavy atom. The van der Waals surface area contributed by atoms with E-state index < -0.39 is 28.8 Å². The predicted octanol–water partition coefficient (Wildman–Crippen LogP) is 2.42. The monoisotopic (exact) mass is 371 g/mol. The number of carbonyl (C=O) groups excluding carboxylic acids is 1. The number of hydrogen-bond acceptors (Lipinski definition) is 3. The number of nitrogens with zero attached hydrogens (tertiary/aromatic N) is 1. The van der Waals surface area contributed by atoms with Crippen molar-refractivity contribution in [1.29, 1.82) is 0 Å². The number of anilines is 1. The molecule has 0 bridgehead atoms. The van der Waals surface area contributed by atoms with E-state index >= 15 is 0 Å². The highest BCUT2D eigenvalue weighted by molar-refractivity contribution is 6.03. The number of H-pyrrole nitrogens is 1. The van der Waals surface area contributed by atoms with Crippen LogP contribution in [-0.4, -0.2) is 15.5 Å². The molecular weight excluding hydrogens is 356 g/mol. The highest BCUT2D eigenvalue weighted by atomic mass is 19.1. The van der Waals surface area contributed by atoms with Crippen LogP contribution in [0.25, 0.3) is 0 Å². The van der Waals surface area contributed by atoms with Crippen molar-refractivity contribution in [2.75, 3.05) is 5.32 Å². The van der Waals surface area contributed by atoms with E-state index in [1.807, 2.05) is 0 Å². The summed E-state index contributed by atoms with van der Waals surface area (Å²) in [5.41, 5.74) is -1.32. The van der Waals surface area contributed by atoms with Crippen LogP contribution in [0.5, 0.6) is 0 Å². The molecule has 2 N–H and O–H groups in total. The maximum Gasteiger partial charge on any atom is 0.328 e. The molecule has 0 unspecified atom stereocenters. The third-order valence-corrected chi connectivity index (χ3v) is 4.02. The van der Waals surface area contributed by atoms with E-state index in [0.717, 1.165) is 16.8 Å². The van der Waals surface area contributed by atoms with E-state index in [4.69, 9.17) is 0 Å². The van der Waals surface area contributed by atoms with E-state index in [1.54, 1.807) is 13.0 Å². The third-order valence-electron chi connectivity index (χ3n) is 4.02. The zero-order chi connectivity index (χ0) is 19.6. The van der Waals surface area contributed by atoms with Crippen LogP contribution in [0.15, 0.2) is 58.3 Å². The molecule has 0 fully saturated rings. The molecule has 0 aliphatic carbocycles. The highest BCUT2D eigenvalue weighted by Gasteiger charge is 2.16. The summed E-state index contributed by atoms with van der Waals surface area (Å²) in [6.07, 6.45) is 0.975. The van der Waals surface area contributed by atoms with E-state index in [2.05, 4.69) is 10.3 Å². The number of benzene rings is 2. The normalized spacial score (nSPS) is 10.6. The van der Waals surface area contributed by atoms with E-state index in [-0.39, 0.29) is 23.4 Å². The Kier molecular flexibility index (Phi) is 4.98. The number of aromatic nitrogens is 2. The molecule has 0 atom stereocenters. The Hall–Kier alpha value is -3.55. The van der Waals surface area contributed by atoms with E-state index in [9.17, 15) is 23.2 Å². The summed E-state index contributed by atoms with van der Waals surface area (Å²) < 4.78 is 28.1. The van der Waals surface area contributed by atoms with Crippen LogP contribution in [-0.2, 0) is 6.54 Å². The largest absolute Gasteiger partial charge is 0.328 e. The summed E-state index contributed by atoms with van der Waals surface area (Å²) in [5.74, 6) is -1.90. The van der Waals surface area contributed by atoms with Crippen LogP contribution in [0.4, 0.5) is 14.5 Å². The maximum atomic E-state index is 13.8. The molecule has 0 aliphatic rings. The van der Waals surface area contributed by atoms with Gasteiger partial charge in [0.2, 0.25) is 0 Å². The van der Waals surface area contributed by atoms with Crippen molar-refractivity contribution >= 4 is 11.6 Å². The first-order chi connectivity index (χ1) is 12.9. The summed E-state index contributed by atoms with van der Waals surface area (Å²) in [7, 11) is 0. The van der Waals surface area contributed by atoms with Crippen molar-refractivity contribution in [2.24, 2.45) is 0 Å². The van der Waals surface area contributed by atoms with Crippen LogP contribution in [0.3, 0.4) is 0 Å². The molecule has 1 heterocycles. The third kappa shape index (κ3) is 3.84. The number of hydrogen-bond donors (Lipinski definition) is 2. The summed E-state index contributed by atoms with van der Waals surface area (Å²) in [6.45, 7) is 1.24. The van der Waals surface area contributed by atoms with Gasteiger partial charge in [0.05, 0.1) is 6.54 Å². The molecule has 6 nitrogen and oxygen atoms in total. The summed E-state index contributed by atoms with van der Waals surface area (Å²) in [6, 6.07) is 9.78. The Bertz CT molecular complexity index is 1140. The van der Waals surface area contributed by atoms with Crippen molar-refractivity contribution in [3.63, 3.8) is 0 Å². The Balaban J connectivity index is 1.93. The molecule has 1 aromatic heterocycles. The molecule has 0 saturated carbocycles. The minimum atomic E-state index is -0.882. The second-order valence-electron chi connectivity index (χ2n) is 5.91. The van der Waals surface area contributed by atoms with Gasteiger partial charge in [0.25, 0.3) is 11.5 Å². The van der Waals surface area contributed by atoms with Crippen LogP contribution in [0, 0.1) is 18.6 Å². The first-order valence-electron chi connectivity index (χ1n) is 8.00. The maximum absolute atomic E-state index is 13.8. The number of rotatable bonds is 4. The molecule has 0 spiro atoms. The fraction of sp³-hybridized carbons (Fsp3) is 0.105. The zero-order valence-electron chi connectivity index (χ0n) is 14.3. The second-order valence-corrected chi connectivity index (χ2v) is 5.91. The fourth-order valence-corrected chi connectivity index (χ4v) is 2.48. The van der Waals surface area contributed by atoms with Gasteiger partial charge >= 0.3 is 5.69 Å². The van der Waals surface area contributed by atoms with Gasteiger partial charge in [-0.15, -0.1) is 0 Å². The average Bonchev–Trinajstić information content (AvgIpc) is 2.63. The molecule has 27 heavy (non-hydrogen) atoms. The fourth-order valence-electron chi connectivity index (χ4n) is 2.48. The topological polar surface area (TPSA) is 84.0 Å². The van der Waals surface area contributed by atoms with Crippen LogP contribution >= 0.6 is 0 Å². The zero-order valence-corrected chi connectivity index (χ0v) is 14.3. The lowest BCUT2D eigenvalue weighted by Crippen LogP contribution is -2.39. The first-order valence-corrected chi connectivity index (χ1v) is 8.00. The molecular formula is C19H15F2N3O3. The van der Waals surface area contributed by atoms with Gasteiger partial charge in [-0.25, -0.2) is 13.6 Å². The van der Waals surface area contributed by atoms with Gasteiger partial charge in [-0.3, -0.25) is 14.2 Å². The number of halogens is 2. The molecule has 0 aliphatic heterocycles. The van der Waals surface area contributed by atoms with Crippen molar-refractivity contribution in [1.82, 2.24) is 9.55 Å². The van der Waals surface area contributed by atoms with Gasteiger partial charge in [-0.05, 0) is 30.7 Å². The summed E-state index contributed by atoms with van der Waals surface area (Å²) in [4.78, 5) is 39.2. The van der Waals surface area contributed by atoms with Gasteiger partial charge in [-0.2, -0.15) is 0 Å². The van der Waals surface area contributed by atoms with Crippen LogP contribution in [0.2, 0.25) is 0 Å². The first kappa shape index (κ1) is 18.2. The van der Waals surface area contributed by atoms with Crippen LogP contribution < -0.4 is 16.6 Å². The van der Waals surface area contributed by atoms with E-state index in [0.29, 0.717) is 5.56 Å². The number of nitrogens with one attached hydrogen (secondary N) is 2. The van der Waals surface area contributed by atoms with Gasteiger partial charge in [0, 0.05) is 17.4 Å². The Morgan fingerprint density at radius 2 is 1.85 bits per heavy atom. The lowest BCUT2D eigenvalue weighted by molar-refractivity contribution is 0.102. The lowest BCUT2D eigenvalue weighted by Gasteiger charge is -2.09. The van der Waals surface area contributed by atoms with Gasteiger partial charge in [0.1, 0.15) is 17.2 Å². The molecule has 3 rings (SSSR count). The number of aryl methyl sites for hydroxylation is 1. The molecule has 0 radical (unpaired) electrons. The number of amides is 1. The quantitative estimate of drug-likeness (QED) is 0.739. The molecule has 2 aromatic carbocycles. The lowest BCUT2D eigenvalue weighted by atomic mass is 10.2. The average molecular weight is 371 g/mol. The van der Waals surface area contributed by atoms with Crippen molar-refractivity contribution < 1.29 is 13.6 Å². The highest BCUT2D eigenvalue weighted by Crippen LogP contribution is 2.14. The Labute approximate surface area is 152 Å². The number of aromatic amines is 1. The van der Waals surface area contributed by atoms with Crippen molar-refractivity contribution in [3.05, 3.63) is 97.8 Å². The second kappa shape index (κ2) is 7.36. The minimum absolute atomic E-state index is 0.128. The minimum Gasteiger partial charge on any atom is -0.322 e. The molecule has 0 saturated heterocycles. The van der Waals surface area contributed by atoms with Crippen LogP contribution in [0.1, 0.15) is 21.5 Å². The predicted molar refractivity (Wildman–Crippen MR) is 95.9 cm³/mol. The van der Waals surface area contributed by atoms with E-state index in [1.165, 1.54) is 30.3 Å².